The van der Waals surface area contributed by atoms with E-state index in [-0.39, 0.29) is 6.42 Å². The first kappa shape index (κ1) is 57.8. The number of hydrogen-bond donors (Lipinski definition) is 9. The Bertz CT molecular complexity index is 1140. The minimum absolute atomic E-state index is 0.249. The topological polar surface area (TPSA) is 226 Å². The van der Waals surface area contributed by atoms with E-state index >= 15 is 0 Å². The lowest BCUT2D eigenvalue weighted by molar-refractivity contribution is -0.220. The van der Waals surface area contributed by atoms with Gasteiger partial charge in [-0.3, -0.25) is 13.8 Å². The van der Waals surface area contributed by atoms with Gasteiger partial charge in [0.1, 0.15) is 36.6 Å². The van der Waals surface area contributed by atoms with Crippen LogP contribution in [0.4, 0.5) is 0 Å². The van der Waals surface area contributed by atoms with E-state index in [0.29, 0.717) is 12.8 Å². The highest BCUT2D eigenvalue weighted by Gasteiger charge is 2.51. The van der Waals surface area contributed by atoms with Gasteiger partial charge in [0, 0.05) is 0 Å². The number of nitrogens with one attached hydrogen (secondary N) is 1. The third-order valence-electron chi connectivity index (χ3n) is 11.8. The summed E-state index contributed by atoms with van der Waals surface area (Å²) in [5.41, 5.74) is 0. The molecule has 13 nitrogen and oxygen atoms in total. The Morgan fingerprint density at radius 3 is 1.39 bits per heavy atom. The van der Waals surface area contributed by atoms with Crippen LogP contribution in [0.3, 0.4) is 0 Å². The molecule has 0 aromatic carbocycles. The Morgan fingerprint density at radius 2 is 0.951 bits per heavy atom. The van der Waals surface area contributed by atoms with Crippen LogP contribution in [0.25, 0.3) is 0 Å². The standard InChI is InChI=1S/C47H90NO12P/c1-3-5-7-9-11-13-15-17-19-20-21-22-24-26-28-30-32-34-38(49)36-41(51)48-39(37-59-61(57,58)60-47-45(55)43(53)42(52)44(54)46(47)56)40(50)35-33-31-29-27-25-23-18-16-14-12-10-8-6-4-2/h20-21,33,35,38-40,42-47,49-50,52-56H,3-19,22-32,34,36-37H2,1-2H3,(H,48,51)(H,57,58)/b21-20-,35-33+. The zero-order valence-corrected chi connectivity index (χ0v) is 39.0. The molecule has 0 aromatic heterocycles. The van der Waals surface area contributed by atoms with Crippen LogP contribution in [0.5, 0.6) is 0 Å². The van der Waals surface area contributed by atoms with Crippen molar-refractivity contribution in [2.75, 3.05) is 6.61 Å². The number of amides is 1. The summed E-state index contributed by atoms with van der Waals surface area (Å²) in [4.78, 5) is 23.4. The van der Waals surface area contributed by atoms with E-state index in [0.717, 1.165) is 64.2 Å². The highest BCUT2D eigenvalue weighted by molar-refractivity contribution is 7.47. The molecular weight excluding hydrogens is 801 g/mol. The van der Waals surface area contributed by atoms with Crippen LogP contribution in [0.1, 0.15) is 206 Å². The second kappa shape index (κ2) is 37.0. The largest absolute Gasteiger partial charge is 0.472 e. The SMILES string of the molecule is CCCCCCCCCC/C=C\CCCCCCCC(O)CC(=O)NC(COP(=O)(O)OC1C(O)C(O)C(O)C(O)C1O)C(O)/C=C/CCCCCCCCCCCCCC. The van der Waals surface area contributed by atoms with Gasteiger partial charge in [-0.15, -0.1) is 0 Å². The average molecular weight is 892 g/mol. The van der Waals surface area contributed by atoms with Gasteiger partial charge < -0.3 is 46.0 Å². The van der Waals surface area contributed by atoms with Crippen molar-refractivity contribution in [1.29, 1.82) is 0 Å². The zero-order valence-electron chi connectivity index (χ0n) is 38.1. The van der Waals surface area contributed by atoms with E-state index in [1.54, 1.807) is 6.08 Å². The monoisotopic (exact) mass is 892 g/mol. The van der Waals surface area contributed by atoms with Gasteiger partial charge in [0.25, 0.3) is 0 Å². The molecular formula is C47H90NO12P. The molecule has 8 unspecified atom stereocenters. The van der Waals surface area contributed by atoms with Gasteiger partial charge >= 0.3 is 7.82 Å². The molecule has 61 heavy (non-hydrogen) atoms. The first-order valence-electron chi connectivity index (χ1n) is 24.4. The highest BCUT2D eigenvalue weighted by atomic mass is 31.2. The second-order valence-corrected chi connectivity index (χ2v) is 18.9. The summed E-state index contributed by atoms with van der Waals surface area (Å²) in [6.07, 6.45) is 26.9. The fraction of sp³-hybridized carbons (Fsp3) is 0.894. The van der Waals surface area contributed by atoms with E-state index < -0.39 is 75.2 Å². The first-order chi connectivity index (χ1) is 29.3. The van der Waals surface area contributed by atoms with Gasteiger partial charge in [0.2, 0.25) is 5.91 Å². The predicted octanol–water partition coefficient (Wildman–Crippen LogP) is 8.37. The molecule has 0 aliphatic heterocycles. The predicted molar refractivity (Wildman–Crippen MR) is 243 cm³/mol. The first-order valence-corrected chi connectivity index (χ1v) is 25.9. The van der Waals surface area contributed by atoms with Crippen molar-refractivity contribution in [2.45, 2.75) is 261 Å². The number of aliphatic hydroxyl groups excluding tert-OH is 7. The molecule has 1 rings (SSSR count). The number of hydrogen-bond acceptors (Lipinski definition) is 11. The minimum Gasteiger partial charge on any atom is -0.393 e. The Kier molecular flexibility index (Phi) is 35.1. The van der Waals surface area contributed by atoms with Crippen LogP contribution >= 0.6 is 7.82 Å². The Hall–Kier alpha value is -1.22. The summed E-state index contributed by atoms with van der Waals surface area (Å²) >= 11 is 0. The van der Waals surface area contributed by atoms with Gasteiger partial charge in [0.15, 0.2) is 0 Å². The van der Waals surface area contributed by atoms with Crippen molar-refractivity contribution in [3.8, 4) is 0 Å². The Balaban J connectivity index is 2.52. The molecule has 360 valence electrons. The third-order valence-corrected chi connectivity index (χ3v) is 12.8. The van der Waals surface area contributed by atoms with Crippen molar-refractivity contribution in [2.24, 2.45) is 0 Å². The summed E-state index contributed by atoms with van der Waals surface area (Å²) in [5, 5.41) is 74.5. The number of carbonyl (C=O) groups excluding carboxylic acids is 1. The van der Waals surface area contributed by atoms with Gasteiger partial charge in [0.05, 0.1) is 31.3 Å². The van der Waals surface area contributed by atoms with Crippen molar-refractivity contribution >= 4 is 13.7 Å². The maximum Gasteiger partial charge on any atom is 0.472 e. The summed E-state index contributed by atoms with van der Waals surface area (Å²) in [5.74, 6) is -0.597. The number of carbonyl (C=O) groups is 1. The summed E-state index contributed by atoms with van der Waals surface area (Å²) < 4.78 is 22.9. The maximum absolute atomic E-state index is 13.0. The zero-order chi connectivity index (χ0) is 45.1. The smallest absolute Gasteiger partial charge is 0.393 e. The molecule has 1 saturated carbocycles. The fourth-order valence-electron chi connectivity index (χ4n) is 7.76. The van der Waals surface area contributed by atoms with E-state index in [4.69, 9.17) is 9.05 Å². The molecule has 0 heterocycles. The van der Waals surface area contributed by atoms with Crippen LogP contribution < -0.4 is 5.32 Å². The number of phosphoric acid groups is 1. The second-order valence-electron chi connectivity index (χ2n) is 17.5. The van der Waals surface area contributed by atoms with Gasteiger partial charge in [-0.2, -0.15) is 0 Å². The minimum atomic E-state index is -5.14. The molecule has 14 heteroatoms. The summed E-state index contributed by atoms with van der Waals surface area (Å²) in [7, 11) is -5.14. The van der Waals surface area contributed by atoms with Gasteiger partial charge in [-0.1, -0.05) is 179 Å². The molecule has 8 atom stereocenters. The van der Waals surface area contributed by atoms with Gasteiger partial charge in [-0.05, 0) is 44.9 Å². The van der Waals surface area contributed by atoms with E-state index in [9.17, 15) is 50.0 Å². The van der Waals surface area contributed by atoms with Crippen molar-refractivity contribution in [3.63, 3.8) is 0 Å². The molecule has 1 fully saturated rings. The molecule has 1 amide bonds. The number of unbranched alkanes of at least 4 members (excludes halogenated alkanes) is 25. The fourth-order valence-corrected chi connectivity index (χ4v) is 8.73. The molecule has 1 aliphatic rings. The summed E-state index contributed by atoms with van der Waals surface area (Å²) in [6.45, 7) is 3.74. The molecule has 9 N–H and O–H groups in total. The molecule has 0 spiro atoms. The number of rotatable bonds is 40. The van der Waals surface area contributed by atoms with Crippen LogP contribution in [-0.4, -0.2) is 108 Å². The highest BCUT2D eigenvalue weighted by Crippen LogP contribution is 2.47. The lowest BCUT2D eigenvalue weighted by Crippen LogP contribution is -2.64. The van der Waals surface area contributed by atoms with Crippen molar-refractivity contribution in [3.05, 3.63) is 24.3 Å². The van der Waals surface area contributed by atoms with E-state index in [2.05, 4.69) is 31.3 Å². The van der Waals surface area contributed by atoms with E-state index in [1.807, 2.05) is 0 Å². The molecule has 0 aromatic rings. The number of phosphoric ester groups is 1. The van der Waals surface area contributed by atoms with Gasteiger partial charge in [-0.25, -0.2) is 4.57 Å². The summed E-state index contributed by atoms with van der Waals surface area (Å²) in [6, 6.07) is -1.24. The van der Waals surface area contributed by atoms with Crippen LogP contribution in [0.2, 0.25) is 0 Å². The Morgan fingerprint density at radius 1 is 0.574 bits per heavy atom. The normalized spacial score (nSPS) is 23.4. The maximum atomic E-state index is 13.0. The van der Waals surface area contributed by atoms with Crippen molar-refractivity contribution < 1.29 is 59.0 Å². The molecule has 0 radical (unpaired) electrons. The van der Waals surface area contributed by atoms with E-state index in [1.165, 1.54) is 115 Å². The van der Waals surface area contributed by atoms with Crippen LogP contribution in [-0.2, 0) is 18.4 Å². The molecule has 0 bridgehead atoms. The van der Waals surface area contributed by atoms with Crippen LogP contribution in [0, 0.1) is 0 Å². The molecule has 0 saturated heterocycles. The van der Waals surface area contributed by atoms with Crippen molar-refractivity contribution in [1.82, 2.24) is 5.32 Å². The molecule has 1 aliphatic carbocycles. The lowest BCUT2D eigenvalue weighted by atomic mass is 9.85. The lowest BCUT2D eigenvalue weighted by Gasteiger charge is -2.41. The Labute approximate surface area is 369 Å². The number of allylic oxidation sites excluding steroid dienone is 3. The third kappa shape index (κ3) is 29.0. The number of aliphatic hydroxyl groups is 7. The quantitative estimate of drug-likeness (QED) is 0.0161. The average Bonchev–Trinajstić information content (AvgIpc) is 3.23. The van der Waals surface area contributed by atoms with Crippen LogP contribution in [0.15, 0.2) is 24.3 Å².